The lowest BCUT2D eigenvalue weighted by Gasteiger charge is -2.24. The highest BCUT2D eigenvalue weighted by Crippen LogP contribution is 2.27. The topological polar surface area (TPSA) is 51.8 Å². The molecule has 0 spiro atoms. The Balaban J connectivity index is 1.81. The summed E-state index contributed by atoms with van der Waals surface area (Å²) in [4.78, 5) is 0. The first-order valence-corrected chi connectivity index (χ1v) is 6.56. The van der Waals surface area contributed by atoms with E-state index in [0.717, 1.165) is 44.3 Å². The smallest absolute Gasteiger partial charge is 0.161 e. The Bertz CT molecular complexity index is 392. The van der Waals surface area contributed by atoms with Crippen LogP contribution in [0.5, 0.6) is 11.5 Å². The van der Waals surface area contributed by atoms with Crippen molar-refractivity contribution in [3.63, 3.8) is 0 Å². The van der Waals surface area contributed by atoms with Gasteiger partial charge < -0.3 is 24.8 Å². The Morgan fingerprint density at radius 3 is 2.84 bits per heavy atom. The zero-order valence-corrected chi connectivity index (χ0v) is 11.6. The van der Waals surface area contributed by atoms with Crippen LogP contribution in [0, 0.1) is 0 Å². The number of hydrogen-bond acceptors (Lipinski definition) is 5. The Morgan fingerprint density at radius 2 is 2.16 bits per heavy atom. The van der Waals surface area contributed by atoms with Gasteiger partial charge in [-0.05, 0) is 17.7 Å². The minimum Gasteiger partial charge on any atom is -0.493 e. The summed E-state index contributed by atoms with van der Waals surface area (Å²) in [5.41, 5.74) is 1.18. The van der Waals surface area contributed by atoms with Gasteiger partial charge in [0.2, 0.25) is 0 Å². The van der Waals surface area contributed by atoms with Gasteiger partial charge in [0, 0.05) is 25.7 Å². The van der Waals surface area contributed by atoms with Crippen molar-refractivity contribution in [1.29, 1.82) is 0 Å². The summed E-state index contributed by atoms with van der Waals surface area (Å²) >= 11 is 0. The first-order valence-electron chi connectivity index (χ1n) is 6.56. The fourth-order valence-corrected chi connectivity index (χ4v) is 2.13. The number of benzene rings is 1. The Morgan fingerprint density at radius 1 is 1.32 bits per heavy atom. The lowest BCUT2D eigenvalue weighted by Crippen LogP contribution is -2.47. The monoisotopic (exact) mass is 266 g/mol. The fourth-order valence-electron chi connectivity index (χ4n) is 2.13. The maximum absolute atomic E-state index is 5.41. The van der Waals surface area contributed by atoms with Gasteiger partial charge in [0.1, 0.15) is 0 Å². The minimum atomic E-state index is 0.397. The highest BCUT2D eigenvalue weighted by molar-refractivity contribution is 5.42. The molecule has 1 aromatic rings. The van der Waals surface area contributed by atoms with Crippen molar-refractivity contribution >= 4 is 0 Å². The summed E-state index contributed by atoms with van der Waals surface area (Å²) in [6.07, 6.45) is 0. The van der Waals surface area contributed by atoms with Crippen LogP contribution in [0.3, 0.4) is 0 Å². The molecule has 0 amide bonds. The van der Waals surface area contributed by atoms with Gasteiger partial charge in [0.25, 0.3) is 0 Å². The molecule has 0 aliphatic carbocycles. The SMILES string of the molecule is COc1ccc(CNCC2COCCN2)cc1OC. The van der Waals surface area contributed by atoms with Crippen molar-refractivity contribution in [3.05, 3.63) is 23.8 Å². The molecule has 0 aromatic heterocycles. The van der Waals surface area contributed by atoms with Gasteiger partial charge in [-0.1, -0.05) is 6.07 Å². The summed E-state index contributed by atoms with van der Waals surface area (Å²) in [6.45, 7) is 4.22. The van der Waals surface area contributed by atoms with E-state index in [1.807, 2.05) is 18.2 Å². The molecular formula is C14H22N2O3. The highest BCUT2D eigenvalue weighted by atomic mass is 16.5. The van der Waals surface area contributed by atoms with Gasteiger partial charge in [0.15, 0.2) is 11.5 Å². The number of ether oxygens (including phenoxy) is 3. The van der Waals surface area contributed by atoms with Gasteiger partial charge in [-0.25, -0.2) is 0 Å². The molecule has 19 heavy (non-hydrogen) atoms. The van der Waals surface area contributed by atoms with Crippen LogP contribution in [0.4, 0.5) is 0 Å². The lowest BCUT2D eigenvalue weighted by atomic mass is 10.2. The number of hydrogen-bond donors (Lipinski definition) is 2. The van der Waals surface area contributed by atoms with Crippen molar-refractivity contribution in [2.75, 3.05) is 40.5 Å². The van der Waals surface area contributed by atoms with Crippen molar-refractivity contribution < 1.29 is 14.2 Å². The molecule has 2 N–H and O–H groups in total. The zero-order valence-electron chi connectivity index (χ0n) is 11.6. The molecule has 1 aliphatic rings. The van der Waals surface area contributed by atoms with E-state index in [9.17, 15) is 0 Å². The Hall–Kier alpha value is -1.30. The molecule has 1 unspecified atom stereocenters. The van der Waals surface area contributed by atoms with E-state index < -0.39 is 0 Å². The second kappa shape index (κ2) is 7.33. The van der Waals surface area contributed by atoms with Crippen LogP contribution in [-0.4, -0.2) is 46.6 Å². The Labute approximate surface area is 114 Å². The predicted octanol–water partition coefficient (Wildman–Crippen LogP) is 0.782. The number of morpholine rings is 1. The lowest BCUT2D eigenvalue weighted by molar-refractivity contribution is 0.0766. The maximum Gasteiger partial charge on any atom is 0.161 e. The van der Waals surface area contributed by atoms with Gasteiger partial charge in [-0.2, -0.15) is 0 Å². The van der Waals surface area contributed by atoms with Crippen LogP contribution in [0.25, 0.3) is 0 Å². The Kier molecular flexibility index (Phi) is 5.44. The molecule has 1 heterocycles. The van der Waals surface area contributed by atoms with Gasteiger partial charge >= 0.3 is 0 Å². The van der Waals surface area contributed by atoms with Crippen molar-refractivity contribution in [3.8, 4) is 11.5 Å². The minimum absolute atomic E-state index is 0.397. The van der Waals surface area contributed by atoms with Crippen LogP contribution in [0.1, 0.15) is 5.56 Å². The third-order valence-electron chi connectivity index (χ3n) is 3.17. The summed E-state index contributed by atoms with van der Waals surface area (Å²) in [5.74, 6) is 1.52. The third-order valence-corrected chi connectivity index (χ3v) is 3.17. The molecule has 1 fully saturated rings. The van der Waals surface area contributed by atoms with E-state index in [0.29, 0.717) is 6.04 Å². The normalized spacial score (nSPS) is 19.2. The predicted molar refractivity (Wildman–Crippen MR) is 73.9 cm³/mol. The molecule has 106 valence electrons. The third kappa shape index (κ3) is 4.09. The van der Waals surface area contributed by atoms with E-state index in [4.69, 9.17) is 14.2 Å². The zero-order chi connectivity index (χ0) is 13.5. The van der Waals surface area contributed by atoms with E-state index in [1.54, 1.807) is 14.2 Å². The first-order chi connectivity index (χ1) is 9.33. The molecule has 0 radical (unpaired) electrons. The molecule has 1 atom stereocenters. The molecule has 1 saturated heterocycles. The van der Waals surface area contributed by atoms with Crippen LogP contribution in [0.15, 0.2) is 18.2 Å². The fraction of sp³-hybridized carbons (Fsp3) is 0.571. The van der Waals surface area contributed by atoms with Crippen LogP contribution < -0.4 is 20.1 Å². The second-order valence-corrected chi connectivity index (χ2v) is 4.55. The maximum atomic E-state index is 5.41. The van der Waals surface area contributed by atoms with Gasteiger partial charge in [0.05, 0.1) is 27.4 Å². The molecule has 0 bridgehead atoms. The molecule has 5 heteroatoms. The van der Waals surface area contributed by atoms with Gasteiger partial charge in [-0.15, -0.1) is 0 Å². The standard InChI is InChI=1S/C14H22N2O3/c1-17-13-4-3-11(7-14(13)18-2)8-15-9-12-10-19-6-5-16-12/h3-4,7,12,15-16H,5-6,8-10H2,1-2H3. The van der Waals surface area contributed by atoms with Crippen molar-refractivity contribution in [1.82, 2.24) is 10.6 Å². The molecule has 0 saturated carbocycles. The molecule has 1 aliphatic heterocycles. The molecule has 1 aromatic carbocycles. The number of nitrogens with one attached hydrogen (secondary N) is 2. The molecule has 2 rings (SSSR count). The van der Waals surface area contributed by atoms with Crippen LogP contribution >= 0.6 is 0 Å². The van der Waals surface area contributed by atoms with Gasteiger partial charge in [-0.3, -0.25) is 0 Å². The van der Waals surface area contributed by atoms with E-state index in [2.05, 4.69) is 10.6 Å². The van der Waals surface area contributed by atoms with E-state index in [1.165, 1.54) is 5.56 Å². The van der Waals surface area contributed by atoms with Crippen LogP contribution in [-0.2, 0) is 11.3 Å². The summed E-state index contributed by atoms with van der Waals surface area (Å²) < 4.78 is 15.9. The molecule has 5 nitrogen and oxygen atoms in total. The first kappa shape index (κ1) is 14.1. The van der Waals surface area contributed by atoms with Crippen molar-refractivity contribution in [2.24, 2.45) is 0 Å². The van der Waals surface area contributed by atoms with E-state index >= 15 is 0 Å². The number of methoxy groups -OCH3 is 2. The second-order valence-electron chi connectivity index (χ2n) is 4.55. The van der Waals surface area contributed by atoms with Crippen LogP contribution in [0.2, 0.25) is 0 Å². The quantitative estimate of drug-likeness (QED) is 0.797. The number of rotatable bonds is 6. The summed E-state index contributed by atoms with van der Waals surface area (Å²) in [6, 6.07) is 6.36. The average molecular weight is 266 g/mol. The largest absolute Gasteiger partial charge is 0.493 e. The average Bonchev–Trinajstić information content (AvgIpc) is 2.48. The summed E-state index contributed by atoms with van der Waals surface area (Å²) in [7, 11) is 3.29. The summed E-state index contributed by atoms with van der Waals surface area (Å²) in [5, 5.41) is 6.84. The van der Waals surface area contributed by atoms with Crippen molar-refractivity contribution in [2.45, 2.75) is 12.6 Å². The highest BCUT2D eigenvalue weighted by Gasteiger charge is 2.12. The van der Waals surface area contributed by atoms with E-state index in [-0.39, 0.29) is 0 Å². The molecular weight excluding hydrogens is 244 g/mol.